The highest BCUT2D eigenvalue weighted by molar-refractivity contribution is 8.16. The molecule has 0 radical (unpaired) electrons. The number of aliphatic imine (C=N–C) groups is 1. The Kier molecular flexibility index (Phi) is 4.61. The second-order valence-corrected chi connectivity index (χ2v) is 9.62. The molecule has 0 unspecified atom stereocenters. The number of nitrogens with zero attached hydrogens (tertiary/aromatic N) is 2. The van der Waals surface area contributed by atoms with E-state index in [1.165, 1.54) is 11.8 Å². The third-order valence-corrected chi connectivity index (χ3v) is 7.33. The topological polar surface area (TPSA) is 76.0 Å². The number of thioether (sulfide) groups is 1. The Morgan fingerprint density at radius 3 is 2.54 bits per heavy atom. The molecule has 0 N–H and O–H groups in total. The van der Waals surface area contributed by atoms with Gasteiger partial charge in [-0.2, -0.15) is 4.99 Å². The molecule has 2 saturated heterocycles. The average molecular weight is 368 g/mol. The van der Waals surface area contributed by atoms with Crippen molar-refractivity contribution in [3.05, 3.63) is 24.3 Å². The molecule has 8 heteroatoms. The van der Waals surface area contributed by atoms with Crippen LogP contribution in [0.4, 0.5) is 5.69 Å². The SMILES string of the molecule is COc1ccc(N2C(=NC(=O)C(C)C)S[C@H]3CS(=O)(=O)C[C@@H]32)cc1. The number of benzene rings is 1. The number of fused-ring (bicyclic) bond motifs is 1. The van der Waals surface area contributed by atoms with E-state index in [-0.39, 0.29) is 34.6 Å². The summed E-state index contributed by atoms with van der Waals surface area (Å²) in [6, 6.07) is 7.17. The Balaban J connectivity index is 1.99. The first-order chi connectivity index (χ1) is 11.3. The van der Waals surface area contributed by atoms with E-state index >= 15 is 0 Å². The van der Waals surface area contributed by atoms with Crippen LogP contribution in [-0.2, 0) is 14.6 Å². The zero-order valence-electron chi connectivity index (χ0n) is 13.8. The first kappa shape index (κ1) is 17.3. The van der Waals surface area contributed by atoms with Crippen LogP contribution in [0.5, 0.6) is 5.75 Å². The highest BCUT2D eigenvalue weighted by Gasteiger charge is 2.49. The van der Waals surface area contributed by atoms with Crippen LogP contribution >= 0.6 is 11.8 Å². The number of ether oxygens (including phenoxy) is 1. The summed E-state index contributed by atoms with van der Waals surface area (Å²) in [5.74, 6) is 0.548. The first-order valence-electron chi connectivity index (χ1n) is 7.73. The predicted octanol–water partition coefficient (Wildman–Crippen LogP) is 1.95. The fraction of sp³-hybridized carbons (Fsp3) is 0.500. The Morgan fingerprint density at radius 1 is 1.29 bits per heavy atom. The molecular weight excluding hydrogens is 348 g/mol. The summed E-state index contributed by atoms with van der Waals surface area (Å²) in [6.45, 7) is 3.60. The van der Waals surface area contributed by atoms with Crippen molar-refractivity contribution < 1.29 is 17.9 Å². The number of carbonyl (C=O) groups is 1. The molecule has 1 aromatic rings. The highest BCUT2D eigenvalue weighted by atomic mass is 32.2. The van der Waals surface area contributed by atoms with Gasteiger partial charge in [-0.15, -0.1) is 0 Å². The fourth-order valence-electron chi connectivity index (χ4n) is 2.83. The van der Waals surface area contributed by atoms with Crippen LogP contribution in [0.15, 0.2) is 29.3 Å². The van der Waals surface area contributed by atoms with Crippen molar-refractivity contribution in [2.75, 3.05) is 23.5 Å². The summed E-state index contributed by atoms with van der Waals surface area (Å²) in [5, 5.41) is 0.500. The van der Waals surface area contributed by atoms with E-state index in [4.69, 9.17) is 4.74 Å². The van der Waals surface area contributed by atoms with Gasteiger partial charge < -0.3 is 9.64 Å². The van der Waals surface area contributed by atoms with E-state index in [9.17, 15) is 13.2 Å². The summed E-state index contributed by atoms with van der Waals surface area (Å²) in [5.41, 5.74) is 0.822. The van der Waals surface area contributed by atoms with Gasteiger partial charge in [-0.1, -0.05) is 25.6 Å². The molecule has 24 heavy (non-hydrogen) atoms. The van der Waals surface area contributed by atoms with Gasteiger partial charge in [0.05, 0.1) is 24.7 Å². The maximum absolute atomic E-state index is 12.1. The molecular formula is C16H20N2O4S2. The van der Waals surface area contributed by atoms with Gasteiger partial charge >= 0.3 is 0 Å². The fourth-order valence-corrected chi connectivity index (χ4v) is 6.75. The van der Waals surface area contributed by atoms with Gasteiger partial charge in [0.25, 0.3) is 5.91 Å². The van der Waals surface area contributed by atoms with Crippen molar-refractivity contribution in [1.29, 1.82) is 0 Å². The summed E-state index contributed by atoms with van der Waals surface area (Å²) < 4.78 is 29.2. The van der Waals surface area contributed by atoms with Gasteiger partial charge in [0, 0.05) is 16.9 Å². The van der Waals surface area contributed by atoms with Crippen LogP contribution in [0, 0.1) is 5.92 Å². The minimum Gasteiger partial charge on any atom is -0.497 e. The minimum atomic E-state index is -3.05. The van der Waals surface area contributed by atoms with Crippen molar-refractivity contribution in [3.63, 3.8) is 0 Å². The monoisotopic (exact) mass is 368 g/mol. The van der Waals surface area contributed by atoms with Gasteiger partial charge in [-0.25, -0.2) is 8.42 Å². The number of methoxy groups -OCH3 is 1. The zero-order chi connectivity index (χ0) is 17.5. The Morgan fingerprint density at radius 2 is 1.96 bits per heavy atom. The molecule has 0 aliphatic carbocycles. The lowest BCUT2D eigenvalue weighted by Crippen LogP contribution is -2.37. The lowest BCUT2D eigenvalue weighted by molar-refractivity contribution is -0.120. The Bertz CT molecular complexity index is 772. The summed E-state index contributed by atoms with van der Waals surface area (Å²) in [6.07, 6.45) is 0. The summed E-state index contributed by atoms with van der Waals surface area (Å²) in [4.78, 5) is 18.2. The number of amides is 1. The molecule has 2 aliphatic rings. The zero-order valence-corrected chi connectivity index (χ0v) is 15.4. The molecule has 3 rings (SSSR count). The van der Waals surface area contributed by atoms with Crippen molar-refractivity contribution in [2.45, 2.75) is 25.1 Å². The van der Waals surface area contributed by atoms with E-state index in [0.717, 1.165) is 11.4 Å². The molecule has 2 aliphatic heterocycles. The van der Waals surface area contributed by atoms with Crippen LogP contribution in [0.1, 0.15) is 13.8 Å². The number of amidine groups is 1. The molecule has 6 nitrogen and oxygen atoms in total. The molecule has 1 amide bonds. The van der Waals surface area contributed by atoms with Crippen molar-refractivity contribution >= 4 is 38.4 Å². The number of carbonyl (C=O) groups excluding carboxylic acids is 1. The van der Waals surface area contributed by atoms with Crippen molar-refractivity contribution in [3.8, 4) is 5.75 Å². The Labute approximate surface area is 146 Å². The maximum Gasteiger partial charge on any atom is 0.250 e. The molecule has 2 heterocycles. The third kappa shape index (κ3) is 3.30. The van der Waals surface area contributed by atoms with Crippen molar-refractivity contribution in [2.24, 2.45) is 10.9 Å². The van der Waals surface area contributed by atoms with Gasteiger partial charge in [0.15, 0.2) is 15.0 Å². The van der Waals surface area contributed by atoms with E-state index in [0.29, 0.717) is 5.17 Å². The molecule has 1 aromatic carbocycles. The van der Waals surface area contributed by atoms with E-state index in [2.05, 4.69) is 4.99 Å². The van der Waals surface area contributed by atoms with Crippen LogP contribution in [0.3, 0.4) is 0 Å². The lowest BCUT2D eigenvalue weighted by Gasteiger charge is -2.24. The predicted molar refractivity (Wildman–Crippen MR) is 96.6 cm³/mol. The van der Waals surface area contributed by atoms with E-state index in [1.807, 2.05) is 29.2 Å². The van der Waals surface area contributed by atoms with E-state index < -0.39 is 9.84 Å². The quantitative estimate of drug-likeness (QED) is 0.812. The largest absolute Gasteiger partial charge is 0.497 e. The van der Waals surface area contributed by atoms with Crippen LogP contribution in [0.25, 0.3) is 0 Å². The Hall–Kier alpha value is -1.54. The molecule has 0 spiro atoms. The second-order valence-electron chi connectivity index (χ2n) is 6.26. The molecule has 2 fully saturated rings. The highest BCUT2D eigenvalue weighted by Crippen LogP contribution is 2.41. The summed E-state index contributed by atoms with van der Waals surface area (Å²) in [7, 11) is -1.46. The van der Waals surface area contributed by atoms with Gasteiger partial charge in [-0.3, -0.25) is 4.79 Å². The number of rotatable bonds is 3. The van der Waals surface area contributed by atoms with Crippen LogP contribution in [0.2, 0.25) is 0 Å². The molecule has 2 atom stereocenters. The number of hydrogen-bond acceptors (Lipinski definition) is 5. The van der Waals surface area contributed by atoms with Crippen LogP contribution in [-0.4, -0.2) is 49.4 Å². The molecule has 0 aromatic heterocycles. The summed E-state index contributed by atoms with van der Waals surface area (Å²) >= 11 is 1.39. The van der Waals surface area contributed by atoms with E-state index in [1.54, 1.807) is 21.0 Å². The normalized spacial score (nSPS) is 26.8. The average Bonchev–Trinajstić information content (AvgIpc) is 2.98. The minimum absolute atomic E-state index is 0.0872. The number of anilines is 1. The van der Waals surface area contributed by atoms with Gasteiger partial charge in [0.1, 0.15) is 5.75 Å². The van der Waals surface area contributed by atoms with Crippen LogP contribution < -0.4 is 9.64 Å². The first-order valence-corrected chi connectivity index (χ1v) is 10.4. The maximum atomic E-state index is 12.1. The number of sulfone groups is 1. The standard InChI is InChI=1S/C16H20N2O4S2/c1-10(2)15(19)17-16-18(11-4-6-12(22-3)7-5-11)13-8-24(20,21)9-14(13)23-16/h4-7,10,13-14H,8-9H2,1-3H3/t13-,14-/m0/s1. The third-order valence-electron chi connectivity index (χ3n) is 4.12. The lowest BCUT2D eigenvalue weighted by atomic mass is 10.2. The smallest absolute Gasteiger partial charge is 0.250 e. The molecule has 130 valence electrons. The van der Waals surface area contributed by atoms with Gasteiger partial charge in [-0.05, 0) is 24.3 Å². The van der Waals surface area contributed by atoms with Crippen molar-refractivity contribution in [1.82, 2.24) is 0 Å². The molecule has 0 bridgehead atoms. The second kappa shape index (κ2) is 6.40. The number of hydrogen-bond donors (Lipinski definition) is 0. The molecule has 0 saturated carbocycles. The van der Waals surface area contributed by atoms with Gasteiger partial charge in [0.2, 0.25) is 0 Å².